The fraction of sp³-hybridized carbons (Fsp3) is 0.118. The molecule has 3 rings (SSSR count). The number of aromatic nitrogens is 1. The van der Waals surface area contributed by atoms with Gasteiger partial charge in [-0.3, -0.25) is 9.71 Å². The lowest BCUT2D eigenvalue weighted by Crippen LogP contribution is -2.13. The van der Waals surface area contributed by atoms with E-state index in [1.165, 1.54) is 0 Å². The van der Waals surface area contributed by atoms with Gasteiger partial charge in [0.05, 0.1) is 16.1 Å². The second-order valence-corrected chi connectivity index (χ2v) is 6.91. The van der Waals surface area contributed by atoms with Crippen LogP contribution in [0.4, 0.5) is 5.69 Å². The Morgan fingerprint density at radius 3 is 2.55 bits per heavy atom. The summed E-state index contributed by atoms with van der Waals surface area (Å²) in [5.41, 5.74) is 3.29. The van der Waals surface area contributed by atoms with Crippen LogP contribution in [0.3, 0.4) is 0 Å². The van der Waals surface area contributed by atoms with Gasteiger partial charge in [0.2, 0.25) is 0 Å². The van der Waals surface area contributed by atoms with Crippen molar-refractivity contribution < 1.29 is 8.42 Å². The minimum atomic E-state index is -3.62. The second kappa shape index (κ2) is 5.42. The maximum absolute atomic E-state index is 12.6. The summed E-state index contributed by atoms with van der Waals surface area (Å²) in [5.74, 6) is 0. The first-order chi connectivity index (χ1) is 10.5. The van der Waals surface area contributed by atoms with E-state index in [-0.39, 0.29) is 4.90 Å². The van der Waals surface area contributed by atoms with Crippen molar-refractivity contribution in [3.63, 3.8) is 0 Å². The molecule has 0 amide bonds. The number of nitrogens with zero attached hydrogens (tertiary/aromatic N) is 1. The van der Waals surface area contributed by atoms with Gasteiger partial charge in [-0.1, -0.05) is 12.1 Å². The highest BCUT2D eigenvalue weighted by molar-refractivity contribution is 7.92. The van der Waals surface area contributed by atoms with E-state index in [0.717, 1.165) is 22.0 Å². The fourth-order valence-electron chi connectivity index (χ4n) is 2.28. The molecular formula is C17H16N2O2S. The Morgan fingerprint density at radius 1 is 0.955 bits per heavy atom. The quantitative estimate of drug-likeness (QED) is 0.803. The number of hydrogen-bond acceptors (Lipinski definition) is 3. The molecule has 0 fully saturated rings. The smallest absolute Gasteiger partial charge is 0.261 e. The first kappa shape index (κ1) is 14.5. The summed E-state index contributed by atoms with van der Waals surface area (Å²) in [4.78, 5) is 4.50. The van der Waals surface area contributed by atoms with E-state index in [4.69, 9.17) is 0 Å². The van der Waals surface area contributed by atoms with Crippen LogP contribution in [-0.4, -0.2) is 13.4 Å². The molecule has 1 N–H and O–H groups in total. The van der Waals surface area contributed by atoms with Crippen LogP contribution in [0.5, 0.6) is 0 Å². The van der Waals surface area contributed by atoms with Crippen molar-refractivity contribution >= 4 is 26.6 Å². The maximum Gasteiger partial charge on any atom is 0.261 e. The number of hydrogen-bond donors (Lipinski definition) is 1. The maximum atomic E-state index is 12.6. The Bertz CT molecular complexity index is 945. The Morgan fingerprint density at radius 2 is 1.77 bits per heavy atom. The van der Waals surface area contributed by atoms with Crippen LogP contribution >= 0.6 is 0 Å². The molecule has 0 spiro atoms. The molecule has 4 nitrogen and oxygen atoms in total. The molecule has 0 aliphatic heterocycles. The molecule has 0 atom stereocenters. The zero-order chi connectivity index (χ0) is 15.7. The Balaban J connectivity index is 2.05. The number of nitrogens with one attached hydrogen (secondary N) is 1. The lowest BCUT2D eigenvalue weighted by atomic mass is 10.1. The van der Waals surface area contributed by atoms with E-state index < -0.39 is 10.0 Å². The number of pyridine rings is 1. The number of aryl methyl sites for hydroxylation is 2. The van der Waals surface area contributed by atoms with Gasteiger partial charge in [0.25, 0.3) is 10.0 Å². The van der Waals surface area contributed by atoms with Crippen molar-refractivity contribution in [2.45, 2.75) is 18.7 Å². The number of fused-ring (bicyclic) bond motifs is 1. The van der Waals surface area contributed by atoms with E-state index in [1.807, 2.05) is 32.0 Å². The summed E-state index contributed by atoms with van der Waals surface area (Å²) >= 11 is 0. The summed E-state index contributed by atoms with van der Waals surface area (Å²) in [6.45, 7) is 3.85. The average molecular weight is 312 g/mol. The van der Waals surface area contributed by atoms with E-state index in [2.05, 4.69) is 9.71 Å². The second-order valence-electron chi connectivity index (χ2n) is 5.23. The van der Waals surface area contributed by atoms with E-state index >= 15 is 0 Å². The van der Waals surface area contributed by atoms with Crippen molar-refractivity contribution in [3.05, 3.63) is 65.9 Å². The first-order valence-electron chi connectivity index (χ1n) is 6.91. The standard InChI is InChI=1S/C17H16N2O2S/c1-12-8-9-14(11-13(12)2)22(20,21)19-17-7-3-6-16-15(17)5-4-10-18-16/h3-11,19H,1-2H3. The van der Waals surface area contributed by atoms with Crippen LogP contribution in [0, 0.1) is 13.8 Å². The zero-order valence-electron chi connectivity index (χ0n) is 12.4. The molecule has 0 unspecified atom stereocenters. The molecule has 0 aliphatic rings. The van der Waals surface area contributed by atoms with Gasteiger partial charge in [0.15, 0.2) is 0 Å². The molecule has 0 bridgehead atoms. The van der Waals surface area contributed by atoms with Crippen LogP contribution in [0.1, 0.15) is 11.1 Å². The third kappa shape index (κ3) is 2.67. The summed E-state index contributed by atoms with van der Waals surface area (Å²) in [6, 6.07) is 14.1. The van der Waals surface area contributed by atoms with Gasteiger partial charge in [0.1, 0.15) is 0 Å². The lowest BCUT2D eigenvalue weighted by Gasteiger charge is -2.11. The normalized spacial score (nSPS) is 11.5. The molecule has 1 heterocycles. The molecule has 22 heavy (non-hydrogen) atoms. The lowest BCUT2D eigenvalue weighted by molar-refractivity contribution is 0.601. The highest BCUT2D eigenvalue weighted by Crippen LogP contribution is 2.25. The summed E-state index contributed by atoms with van der Waals surface area (Å²) < 4.78 is 27.8. The van der Waals surface area contributed by atoms with Crippen molar-refractivity contribution in [2.24, 2.45) is 0 Å². The Hall–Kier alpha value is -2.40. The van der Waals surface area contributed by atoms with Crippen molar-refractivity contribution in [3.8, 4) is 0 Å². The van der Waals surface area contributed by atoms with Crippen LogP contribution in [0.15, 0.2) is 59.6 Å². The highest BCUT2D eigenvalue weighted by Gasteiger charge is 2.16. The Labute approximate surface area is 129 Å². The third-order valence-corrected chi connectivity index (χ3v) is 5.04. The summed E-state index contributed by atoms with van der Waals surface area (Å²) in [6.07, 6.45) is 1.68. The largest absolute Gasteiger partial charge is 0.279 e. The molecular weight excluding hydrogens is 296 g/mol. The van der Waals surface area contributed by atoms with Gasteiger partial charge < -0.3 is 0 Å². The topological polar surface area (TPSA) is 59.1 Å². The number of benzene rings is 2. The Kier molecular flexibility index (Phi) is 3.58. The van der Waals surface area contributed by atoms with Gasteiger partial charge in [-0.15, -0.1) is 0 Å². The molecule has 3 aromatic rings. The van der Waals surface area contributed by atoms with E-state index in [0.29, 0.717) is 5.69 Å². The van der Waals surface area contributed by atoms with Gasteiger partial charge in [0, 0.05) is 11.6 Å². The molecule has 112 valence electrons. The molecule has 0 saturated heterocycles. The molecule has 0 radical (unpaired) electrons. The van der Waals surface area contributed by atoms with Gasteiger partial charge in [-0.2, -0.15) is 0 Å². The molecule has 0 saturated carbocycles. The fourth-order valence-corrected chi connectivity index (χ4v) is 3.44. The van der Waals surface area contributed by atoms with Gasteiger partial charge in [-0.25, -0.2) is 8.42 Å². The van der Waals surface area contributed by atoms with Crippen LogP contribution in [0.25, 0.3) is 10.9 Å². The number of anilines is 1. The van der Waals surface area contributed by atoms with Crippen molar-refractivity contribution in [2.75, 3.05) is 4.72 Å². The monoisotopic (exact) mass is 312 g/mol. The number of rotatable bonds is 3. The first-order valence-corrected chi connectivity index (χ1v) is 8.39. The summed E-state index contributed by atoms with van der Waals surface area (Å²) in [7, 11) is -3.62. The number of sulfonamides is 1. The van der Waals surface area contributed by atoms with Crippen LogP contribution in [-0.2, 0) is 10.0 Å². The van der Waals surface area contributed by atoms with Crippen LogP contribution in [0.2, 0.25) is 0 Å². The summed E-state index contributed by atoms with van der Waals surface area (Å²) in [5, 5.41) is 0.775. The predicted octanol–water partition coefficient (Wildman–Crippen LogP) is 3.65. The van der Waals surface area contributed by atoms with Crippen LogP contribution < -0.4 is 4.72 Å². The minimum absolute atomic E-state index is 0.261. The molecule has 5 heteroatoms. The van der Waals surface area contributed by atoms with Gasteiger partial charge >= 0.3 is 0 Å². The van der Waals surface area contributed by atoms with E-state index in [9.17, 15) is 8.42 Å². The third-order valence-electron chi connectivity index (χ3n) is 3.68. The average Bonchev–Trinajstić information content (AvgIpc) is 2.50. The van der Waals surface area contributed by atoms with Gasteiger partial charge in [-0.05, 0) is 61.4 Å². The molecule has 0 aliphatic carbocycles. The van der Waals surface area contributed by atoms with Crippen molar-refractivity contribution in [1.29, 1.82) is 0 Å². The molecule has 1 aromatic heterocycles. The van der Waals surface area contributed by atoms with E-state index in [1.54, 1.807) is 36.5 Å². The minimum Gasteiger partial charge on any atom is -0.279 e. The SMILES string of the molecule is Cc1ccc(S(=O)(=O)Nc2cccc3ncccc23)cc1C. The predicted molar refractivity (Wildman–Crippen MR) is 88.5 cm³/mol. The van der Waals surface area contributed by atoms with Crippen molar-refractivity contribution in [1.82, 2.24) is 4.98 Å². The highest BCUT2D eigenvalue weighted by atomic mass is 32.2. The zero-order valence-corrected chi connectivity index (χ0v) is 13.2. The molecule has 2 aromatic carbocycles.